The lowest BCUT2D eigenvalue weighted by Crippen LogP contribution is -2.59. The number of hydrogen-bond acceptors (Lipinski definition) is 4. The Balaban J connectivity index is 2.21. The molecule has 0 amide bonds. The zero-order valence-electron chi connectivity index (χ0n) is 12.1. The number of allylic oxidation sites excluding steroid dienone is 3. The first-order valence-corrected chi connectivity index (χ1v) is 6.84. The number of fused-ring (bicyclic) bond motifs is 2. The van der Waals surface area contributed by atoms with Gasteiger partial charge < -0.3 is 14.6 Å². The third-order valence-corrected chi connectivity index (χ3v) is 5.36. The standard InChI is InChI=1S/C16H20O4/c1-10-8-20-16(19-4)7-12-5-6-13(17)11(2)14(12,3)9-15(10,16)18/h5-7,11,18H,1,8-9H2,2-4H3/t11-,14+,15-,16-/m1/s1. The Morgan fingerprint density at radius 2 is 2.20 bits per heavy atom. The highest BCUT2D eigenvalue weighted by molar-refractivity contribution is 5.94. The summed E-state index contributed by atoms with van der Waals surface area (Å²) in [5.74, 6) is -1.29. The number of hydrogen-bond donors (Lipinski definition) is 1. The van der Waals surface area contributed by atoms with Crippen LogP contribution in [0.5, 0.6) is 0 Å². The van der Waals surface area contributed by atoms with E-state index in [-0.39, 0.29) is 18.3 Å². The molecule has 0 saturated carbocycles. The molecule has 0 bridgehead atoms. The lowest BCUT2D eigenvalue weighted by molar-refractivity contribution is -0.247. The average molecular weight is 276 g/mol. The van der Waals surface area contributed by atoms with E-state index in [2.05, 4.69) is 6.58 Å². The molecule has 1 saturated heterocycles. The van der Waals surface area contributed by atoms with E-state index in [0.29, 0.717) is 12.0 Å². The number of carbonyl (C=O) groups excluding carboxylic acids is 1. The van der Waals surface area contributed by atoms with E-state index in [9.17, 15) is 9.90 Å². The highest BCUT2D eigenvalue weighted by Crippen LogP contribution is 2.57. The molecule has 108 valence electrons. The Kier molecular flexibility index (Phi) is 2.68. The predicted molar refractivity (Wildman–Crippen MR) is 73.9 cm³/mol. The zero-order chi connectivity index (χ0) is 14.8. The smallest absolute Gasteiger partial charge is 0.222 e. The van der Waals surface area contributed by atoms with Gasteiger partial charge in [-0.25, -0.2) is 0 Å². The van der Waals surface area contributed by atoms with Crippen LogP contribution in [0.25, 0.3) is 0 Å². The molecule has 4 heteroatoms. The monoisotopic (exact) mass is 276 g/mol. The molecule has 3 rings (SSSR count). The lowest BCUT2D eigenvalue weighted by atomic mass is 9.57. The summed E-state index contributed by atoms with van der Waals surface area (Å²) in [6.45, 7) is 8.10. The van der Waals surface area contributed by atoms with Gasteiger partial charge in [-0.1, -0.05) is 26.5 Å². The molecule has 1 aliphatic heterocycles. The molecule has 20 heavy (non-hydrogen) atoms. The van der Waals surface area contributed by atoms with E-state index >= 15 is 0 Å². The topological polar surface area (TPSA) is 55.8 Å². The molecule has 2 aliphatic carbocycles. The second-order valence-corrected chi connectivity index (χ2v) is 6.28. The largest absolute Gasteiger partial charge is 0.379 e. The Labute approximate surface area is 118 Å². The highest BCUT2D eigenvalue weighted by atomic mass is 16.7. The molecular formula is C16H20O4. The first-order valence-electron chi connectivity index (χ1n) is 6.84. The van der Waals surface area contributed by atoms with Gasteiger partial charge in [0.15, 0.2) is 5.78 Å². The van der Waals surface area contributed by atoms with Gasteiger partial charge in [-0.3, -0.25) is 4.79 Å². The van der Waals surface area contributed by atoms with Gasteiger partial charge in [0.2, 0.25) is 5.79 Å². The fourth-order valence-electron chi connectivity index (χ4n) is 3.65. The Hall–Kier alpha value is -1.23. The van der Waals surface area contributed by atoms with Crippen LogP contribution in [0.3, 0.4) is 0 Å². The third-order valence-electron chi connectivity index (χ3n) is 5.36. The van der Waals surface area contributed by atoms with Crippen molar-refractivity contribution in [2.24, 2.45) is 11.3 Å². The average Bonchev–Trinajstić information content (AvgIpc) is 2.66. The molecule has 0 aromatic carbocycles. The second kappa shape index (κ2) is 3.91. The fraction of sp³-hybridized carbons (Fsp3) is 0.562. The van der Waals surface area contributed by atoms with Crippen LogP contribution in [-0.4, -0.2) is 36.0 Å². The maximum absolute atomic E-state index is 12.0. The van der Waals surface area contributed by atoms with Crippen molar-refractivity contribution in [2.45, 2.75) is 31.7 Å². The maximum Gasteiger partial charge on any atom is 0.222 e. The first kappa shape index (κ1) is 13.7. The van der Waals surface area contributed by atoms with Crippen LogP contribution in [0.1, 0.15) is 20.3 Å². The van der Waals surface area contributed by atoms with Crippen LogP contribution in [0.4, 0.5) is 0 Å². The Morgan fingerprint density at radius 3 is 2.85 bits per heavy atom. The first-order chi connectivity index (χ1) is 9.29. The van der Waals surface area contributed by atoms with Crippen LogP contribution in [-0.2, 0) is 14.3 Å². The van der Waals surface area contributed by atoms with Crippen LogP contribution in [0, 0.1) is 11.3 Å². The van der Waals surface area contributed by atoms with Crippen molar-refractivity contribution in [3.63, 3.8) is 0 Å². The molecule has 0 aromatic heterocycles. The van der Waals surface area contributed by atoms with Gasteiger partial charge in [-0.05, 0) is 29.7 Å². The summed E-state index contributed by atoms with van der Waals surface area (Å²) in [6.07, 6.45) is 5.59. The molecule has 1 N–H and O–H groups in total. The number of carbonyl (C=O) groups is 1. The SMILES string of the molecule is C=C1CO[C@]2(OC)C=C3C=CC(=O)[C@@H](C)[C@]3(C)C[C@@]12O. The summed E-state index contributed by atoms with van der Waals surface area (Å²) in [7, 11) is 1.52. The van der Waals surface area contributed by atoms with E-state index in [0.717, 1.165) is 5.57 Å². The van der Waals surface area contributed by atoms with Crippen molar-refractivity contribution >= 4 is 5.78 Å². The Bertz CT molecular complexity index is 561. The van der Waals surface area contributed by atoms with E-state index in [1.807, 2.05) is 26.0 Å². The number of aliphatic hydroxyl groups is 1. The summed E-state index contributed by atoms with van der Waals surface area (Å²) < 4.78 is 11.2. The quantitative estimate of drug-likeness (QED) is 0.741. The van der Waals surface area contributed by atoms with Gasteiger partial charge in [0.1, 0.15) is 5.60 Å². The molecule has 0 aromatic rings. The van der Waals surface area contributed by atoms with Crippen LogP contribution in [0.15, 0.2) is 36.0 Å². The molecule has 1 fully saturated rings. The number of ketones is 1. The molecule has 4 nitrogen and oxygen atoms in total. The molecule has 3 aliphatic rings. The van der Waals surface area contributed by atoms with Gasteiger partial charge in [0.25, 0.3) is 0 Å². The number of ether oxygens (including phenoxy) is 2. The second-order valence-electron chi connectivity index (χ2n) is 6.28. The van der Waals surface area contributed by atoms with Gasteiger partial charge >= 0.3 is 0 Å². The van der Waals surface area contributed by atoms with Gasteiger partial charge in [-0.15, -0.1) is 0 Å². The molecular weight excluding hydrogens is 256 g/mol. The number of methoxy groups -OCH3 is 1. The van der Waals surface area contributed by atoms with Crippen LogP contribution in [0.2, 0.25) is 0 Å². The lowest BCUT2D eigenvalue weighted by Gasteiger charge is -2.51. The van der Waals surface area contributed by atoms with E-state index in [4.69, 9.17) is 9.47 Å². The highest BCUT2D eigenvalue weighted by Gasteiger charge is 2.64. The van der Waals surface area contributed by atoms with Gasteiger partial charge in [0, 0.05) is 18.4 Å². The van der Waals surface area contributed by atoms with Crippen molar-refractivity contribution < 1.29 is 19.4 Å². The molecule has 1 heterocycles. The van der Waals surface area contributed by atoms with Crippen molar-refractivity contribution in [1.82, 2.24) is 0 Å². The van der Waals surface area contributed by atoms with E-state index in [1.54, 1.807) is 6.08 Å². The summed E-state index contributed by atoms with van der Waals surface area (Å²) >= 11 is 0. The van der Waals surface area contributed by atoms with Crippen molar-refractivity contribution in [3.05, 3.63) is 36.0 Å². The van der Waals surface area contributed by atoms with Crippen LogP contribution >= 0.6 is 0 Å². The van der Waals surface area contributed by atoms with Crippen molar-refractivity contribution in [3.8, 4) is 0 Å². The minimum atomic E-state index is -1.29. The molecule has 0 unspecified atom stereocenters. The minimum Gasteiger partial charge on any atom is -0.379 e. The number of rotatable bonds is 1. The van der Waals surface area contributed by atoms with Crippen molar-refractivity contribution in [2.75, 3.05) is 13.7 Å². The molecule has 0 spiro atoms. The van der Waals surface area contributed by atoms with Gasteiger partial charge in [0.05, 0.1) is 6.61 Å². The predicted octanol–water partition coefficient (Wildman–Crippen LogP) is 1.76. The fourth-order valence-corrected chi connectivity index (χ4v) is 3.65. The summed E-state index contributed by atoms with van der Waals surface area (Å²) in [5.41, 5.74) is -0.144. The van der Waals surface area contributed by atoms with E-state index in [1.165, 1.54) is 7.11 Å². The summed E-state index contributed by atoms with van der Waals surface area (Å²) in [6, 6.07) is 0. The zero-order valence-corrected chi connectivity index (χ0v) is 12.1. The normalized spacial score (nSPS) is 47.0. The summed E-state index contributed by atoms with van der Waals surface area (Å²) in [5, 5.41) is 11.1. The molecule has 0 radical (unpaired) electrons. The maximum atomic E-state index is 12.0. The van der Waals surface area contributed by atoms with E-state index < -0.39 is 16.8 Å². The summed E-state index contributed by atoms with van der Waals surface area (Å²) in [4.78, 5) is 12.0. The Morgan fingerprint density at radius 1 is 1.50 bits per heavy atom. The third kappa shape index (κ3) is 1.39. The van der Waals surface area contributed by atoms with Gasteiger partial charge in [-0.2, -0.15) is 0 Å². The van der Waals surface area contributed by atoms with Crippen LogP contribution < -0.4 is 0 Å². The van der Waals surface area contributed by atoms with Crippen molar-refractivity contribution in [1.29, 1.82) is 0 Å². The minimum absolute atomic E-state index is 0.0858. The molecule has 4 atom stereocenters.